The number of carbonyl (C=O) groups is 1. The van der Waals surface area contributed by atoms with Gasteiger partial charge in [-0.1, -0.05) is 6.92 Å². The van der Waals surface area contributed by atoms with Crippen molar-refractivity contribution >= 4 is 5.97 Å². The number of ether oxygens (including phenoxy) is 1. The van der Waals surface area contributed by atoms with Crippen molar-refractivity contribution in [3.8, 4) is 0 Å². The number of methoxy groups -OCH3 is 1. The zero-order valence-corrected chi connectivity index (χ0v) is 11.6. The van der Waals surface area contributed by atoms with E-state index in [1.54, 1.807) is 7.11 Å². The first kappa shape index (κ1) is 16.4. The van der Waals surface area contributed by atoms with Crippen LogP contribution in [0.3, 0.4) is 0 Å². The van der Waals surface area contributed by atoms with Gasteiger partial charge >= 0.3 is 5.97 Å². The Hall–Kier alpha value is -0.610. The summed E-state index contributed by atoms with van der Waals surface area (Å²) in [5, 5.41) is 11.9. The fourth-order valence-corrected chi connectivity index (χ4v) is 1.48. The van der Waals surface area contributed by atoms with Crippen LogP contribution in [0.1, 0.15) is 46.5 Å². The van der Waals surface area contributed by atoms with Crippen LogP contribution in [0.2, 0.25) is 0 Å². The van der Waals surface area contributed by atoms with Gasteiger partial charge in [-0.05, 0) is 52.1 Å². The van der Waals surface area contributed by atoms with Crippen LogP contribution in [0.4, 0.5) is 0 Å². The second-order valence-electron chi connectivity index (χ2n) is 5.29. The van der Waals surface area contributed by atoms with Crippen molar-refractivity contribution in [1.82, 2.24) is 5.32 Å². The second-order valence-corrected chi connectivity index (χ2v) is 5.29. The molecule has 0 bridgehead atoms. The minimum atomic E-state index is -0.702. The number of nitrogens with one attached hydrogen (secondary N) is 1. The molecule has 4 nitrogen and oxygen atoms in total. The summed E-state index contributed by atoms with van der Waals surface area (Å²) in [6.07, 6.45) is 3.05. The van der Waals surface area contributed by atoms with Crippen molar-refractivity contribution < 1.29 is 14.6 Å². The molecular weight excluding hydrogens is 218 g/mol. The third-order valence-corrected chi connectivity index (χ3v) is 3.12. The van der Waals surface area contributed by atoms with E-state index in [0.29, 0.717) is 5.92 Å². The van der Waals surface area contributed by atoms with E-state index in [1.807, 2.05) is 0 Å². The molecule has 102 valence electrons. The van der Waals surface area contributed by atoms with Crippen LogP contribution >= 0.6 is 0 Å². The van der Waals surface area contributed by atoms with E-state index in [-0.39, 0.29) is 12.0 Å². The largest absolute Gasteiger partial charge is 0.481 e. The summed E-state index contributed by atoms with van der Waals surface area (Å²) in [5.41, 5.74) is -0.0675. The van der Waals surface area contributed by atoms with Crippen LogP contribution in [-0.4, -0.2) is 36.9 Å². The summed E-state index contributed by atoms with van der Waals surface area (Å²) in [5.74, 6) is -0.235. The molecule has 0 aliphatic rings. The Balaban J connectivity index is 3.42. The van der Waals surface area contributed by atoms with Gasteiger partial charge in [0.1, 0.15) is 0 Å². The minimum absolute atomic E-state index is 0.0675. The maximum atomic E-state index is 10.4. The summed E-state index contributed by atoms with van der Waals surface area (Å²) < 4.78 is 5.32. The number of carboxylic acids is 1. The van der Waals surface area contributed by atoms with Crippen LogP contribution in [0.5, 0.6) is 0 Å². The number of aliphatic carboxylic acids is 1. The third kappa shape index (κ3) is 10.3. The number of hydrogen-bond donors (Lipinski definition) is 2. The summed E-state index contributed by atoms with van der Waals surface area (Å²) >= 11 is 0. The highest BCUT2D eigenvalue weighted by atomic mass is 16.5. The maximum Gasteiger partial charge on any atom is 0.303 e. The summed E-state index contributed by atoms with van der Waals surface area (Å²) in [4.78, 5) is 10.4. The molecule has 0 aliphatic heterocycles. The molecule has 0 saturated heterocycles. The Bertz CT molecular complexity index is 217. The molecule has 0 aromatic heterocycles. The zero-order chi connectivity index (χ0) is 13.3. The summed E-state index contributed by atoms with van der Waals surface area (Å²) in [6, 6.07) is 0. The molecule has 0 fully saturated rings. The Labute approximate surface area is 105 Å². The molecule has 0 aliphatic carbocycles. The molecule has 0 amide bonds. The summed E-state index contributed by atoms with van der Waals surface area (Å²) in [7, 11) is 1.73. The van der Waals surface area contributed by atoms with Crippen molar-refractivity contribution in [2.45, 2.75) is 52.1 Å². The van der Waals surface area contributed by atoms with Gasteiger partial charge in [0.25, 0.3) is 0 Å². The Kier molecular flexibility index (Phi) is 8.17. The second kappa shape index (κ2) is 8.48. The van der Waals surface area contributed by atoms with E-state index in [2.05, 4.69) is 26.1 Å². The molecule has 0 heterocycles. The van der Waals surface area contributed by atoms with Crippen LogP contribution in [0.25, 0.3) is 0 Å². The van der Waals surface area contributed by atoms with Crippen LogP contribution in [0.15, 0.2) is 0 Å². The highest BCUT2D eigenvalue weighted by Gasteiger charge is 2.14. The number of hydrogen-bond acceptors (Lipinski definition) is 3. The molecule has 1 atom stereocenters. The van der Waals surface area contributed by atoms with Gasteiger partial charge in [-0.3, -0.25) is 4.79 Å². The first-order valence-corrected chi connectivity index (χ1v) is 6.35. The third-order valence-electron chi connectivity index (χ3n) is 3.12. The van der Waals surface area contributed by atoms with Crippen molar-refractivity contribution in [2.75, 3.05) is 20.2 Å². The molecule has 1 unspecified atom stereocenters. The molecule has 0 aromatic carbocycles. The fourth-order valence-electron chi connectivity index (χ4n) is 1.48. The molecule has 0 radical (unpaired) electrons. The minimum Gasteiger partial charge on any atom is -0.481 e. The van der Waals surface area contributed by atoms with Gasteiger partial charge < -0.3 is 15.2 Å². The van der Waals surface area contributed by atoms with Gasteiger partial charge in [0.05, 0.1) is 5.60 Å². The number of carboxylic acid groups (broad SMARTS) is 1. The predicted molar refractivity (Wildman–Crippen MR) is 69.2 cm³/mol. The molecule has 2 N–H and O–H groups in total. The Morgan fingerprint density at radius 3 is 2.53 bits per heavy atom. The van der Waals surface area contributed by atoms with Crippen molar-refractivity contribution in [2.24, 2.45) is 5.92 Å². The average Bonchev–Trinajstić information content (AvgIpc) is 2.25. The molecule has 4 heteroatoms. The molecule has 0 aromatic rings. The quantitative estimate of drug-likeness (QED) is 0.580. The van der Waals surface area contributed by atoms with E-state index in [1.165, 1.54) is 0 Å². The van der Waals surface area contributed by atoms with E-state index in [4.69, 9.17) is 9.84 Å². The molecule has 17 heavy (non-hydrogen) atoms. The lowest BCUT2D eigenvalue weighted by molar-refractivity contribution is -0.137. The molecule has 0 spiro atoms. The lowest BCUT2D eigenvalue weighted by atomic mass is 10.0. The monoisotopic (exact) mass is 245 g/mol. The first-order valence-electron chi connectivity index (χ1n) is 6.35. The van der Waals surface area contributed by atoms with E-state index >= 15 is 0 Å². The molecule has 0 rings (SSSR count). The molecular formula is C13H27NO3. The lowest BCUT2D eigenvalue weighted by Crippen LogP contribution is -2.29. The number of rotatable bonds is 10. The Morgan fingerprint density at radius 1 is 1.35 bits per heavy atom. The van der Waals surface area contributed by atoms with Crippen LogP contribution in [-0.2, 0) is 9.53 Å². The standard InChI is InChI=1S/C13H27NO3/c1-11(5-6-12(15)16)7-9-14-10-8-13(2,3)17-4/h11,14H,5-10H2,1-4H3,(H,15,16). The fraction of sp³-hybridized carbons (Fsp3) is 0.923. The van der Waals surface area contributed by atoms with Crippen LogP contribution in [0, 0.1) is 5.92 Å². The van der Waals surface area contributed by atoms with E-state index in [9.17, 15) is 4.79 Å². The van der Waals surface area contributed by atoms with Crippen LogP contribution < -0.4 is 5.32 Å². The van der Waals surface area contributed by atoms with Gasteiger partial charge in [0.15, 0.2) is 0 Å². The van der Waals surface area contributed by atoms with Crippen molar-refractivity contribution in [3.63, 3.8) is 0 Å². The van der Waals surface area contributed by atoms with Crippen molar-refractivity contribution in [1.29, 1.82) is 0 Å². The van der Waals surface area contributed by atoms with Gasteiger partial charge in [0.2, 0.25) is 0 Å². The van der Waals surface area contributed by atoms with Gasteiger partial charge in [-0.15, -0.1) is 0 Å². The normalized spacial score (nSPS) is 13.6. The van der Waals surface area contributed by atoms with E-state index < -0.39 is 5.97 Å². The lowest BCUT2D eigenvalue weighted by Gasteiger charge is -2.23. The zero-order valence-electron chi connectivity index (χ0n) is 11.6. The SMILES string of the molecule is COC(C)(C)CCNCCC(C)CCC(=O)O. The smallest absolute Gasteiger partial charge is 0.303 e. The average molecular weight is 245 g/mol. The Morgan fingerprint density at radius 2 is 2.00 bits per heavy atom. The maximum absolute atomic E-state index is 10.4. The highest BCUT2D eigenvalue weighted by Crippen LogP contribution is 2.12. The van der Waals surface area contributed by atoms with Gasteiger partial charge in [-0.2, -0.15) is 0 Å². The topological polar surface area (TPSA) is 58.6 Å². The van der Waals surface area contributed by atoms with Gasteiger partial charge in [0, 0.05) is 13.5 Å². The first-order chi connectivity index (χ1) is 7.87. The highest BCUT2D eigenvalue weighted by molar-refractivity contribution is 5.66. The van der Waals surface area contributed by atoms with E-state index in [0.717, 1.165) is 32.4 Å². The van der Waals surface area contributed by atoms with Gasteiger partial charge in [-0.25, -0.2) is 0 Å². The predicted octanol–water partition coefficient (Wildman–Crippen LogP) is 2.28. The summed E-state index contributed by atoms with van der Waals surface area (Å²) in [6.45, 7) is 8.13. The van der Waals surface area contributed by atoms with Crippen molar-refractivity contribution in [3.05, 3.63) is 0 Å². The molecule has 0 saturated carbocycles.